The number of aromatic amines is 1. The number of Topliss-reactive ketones (excluding diaryl/α,β-unsaturated/α-hetero) is 3. The quantitative estimate of drug-likeness (QED) is 0.0461. The second kappa shape index (κ2) is 38.8. The molecule has 10 aromatic rings. The molecule has 7 saturated carbocycles. The van der Waals surface area contributed by atoms with E-state index in [-0.39, 0.29) is 161 Å². The van der Waals surface area contributed by atoms with E-state index in [0.717, 1.165) is 155 Å². The summed E-state index contributed by atoms with van der Waals surface area (Å²) < 4.78 is 14.6. The number of furan rings is 2. The van der Waals surface area contributed by atoms with Crippen LogP contribution in [0.15, 0.2) is 155 Å². The maximum atomic E-state index is 13.3. The fourth-order valence-corrected chi connectivity index (χ4v) is 30.4. The number of rotatable bonds is 21. The fraction of sp³-hybridized carbons (Fsp3) is 0.526. The molecular formula is C116H141Cl4N9O15. The van der Waals surface area contributed by atoms with Crippen LogP contribution in [0.5, 0.6) is 17.2 Å². The van der Waals surface area contributed by atoms with Gasteiger partial charge in [-0.2, -0.15) is 0 Å². The van der Waals surface area contributed by atoms with Gasteiger partial charge in [-0.05, 0) is 225 Å². The van der Waals surface area contributed by atoms with Gasteiger partial charge in [0, 0.05) is 206 Å². The molecule has 11 fully saturated rings. The van der Waals surface area contributed by atoms with Crippen molar-refractivity contribution in [3.8, 4) is 17.2 Å². The minimum Gasteiger partial charge on any atom is -1.00 e. The van der Waals surface area contributed by atoms with Gasteiger partial charge in [0.15, 0.2) is 0 Å². The predicted octanol–water partition coefficient (Wildman–Crippen LogP) is 2.67. The molecule has 24 nitrogen and oxygen atoms in total. The molecule has 11 aliphatic carbocycles. The minimum atomic E-state index is -1.08. The van der Waals surface area contributed by atoms with Crippen molar-refractivity contribution in [3.63, 3.8) is 0 Å². The molecule has 16 atom stereocenters. The number of aliphatic hydroxyl groups is 3. The lowest BCUT2D eigenvalue weighted by Crippen LogP contribution is -3.00. The zero-order valence-electron chi connectivity index (χ0n) is 83.9. The Bertz CT molecular complexity index is 6480. The molecule has 12 N–H and O–H groups in total. The molecular weight excluding hydrogens is 1900 g/mol. The number of aromatic nitrogens is 1. The Morgan fingerprint density at radius 2 is 0.792 bits per heavy atom. The van der Waals surface area contributed by atoms with Gasteiger partial charge in [0.1, 0.15) is 80.7 Å². The number of amides is 4. The number of ketones is 3. The van der Waals surface area contributed by atoms with Gasteiger partial charge in [-0.1, -0.05) is 56.3 Å². The number of phenols is 3. The monoisotopic (exact) mass is 2040 g/mol. The number of phenolic OH excluding ortho intramolecular Hbond substituents is 2. The highest BCUT2D eigenvalue weighted by molar-refractivity contribution is 6.00. The lowest BCUT2D eigenvalue weighted by atomic mass is 9.48. The van der Waals surface area contributed by atoms with Crippen LogP contribution in [0.25, 0.3) is 32.8 Å². The van der Waals surface area contributed by atoms with Gasteiger partial charge in [0.25, 0.3) is 23.6 Å². The van der Waals surface area contributed by atoms with Crippen LogP contribution in [0, 0.1) is 29.6 Å². The van der Waals surface area contributed by atoms with E-state index in [1.807, 2.05) is 72.9 Å². The van der Waals surface area contributed by atoms with Gasteiger partial charge in [-0.25, -0.2) is 0 Å². The van der Waals surface area contributed by atoms with E-state index in [9.17, 15) is 64.2 Å². The number of likely N-dealkylation sites (N-methyl/N-ethyl adjacent to an activating group) is 4. The van der Waals surface area contributed by atoms with Crippen LogP contribution in [0.1, 0.15) is 251 Å². The van der Waals surface area contributed by atoms with Crippen molar-refractivity contribution in [1.29, 1.82) is 0 Å². The zero-order chi connectivity index (χ0) is 97.4. The molecule has 0 radical (unpaired) electrons. The van der Waals surface area contributed by atoms with Crippen LogP contribution in [0.4, 0.5) is 0 Å². The highest BCUT2D eigenvalue weighted by Crippen LogP contribution is 2.66. The number of quaternary nitrogens is 4. The topological polar surface area (TPSA) is 345 Å². The summed E-state index contributed by atoms with van der Waals surface area (Å²) in [6, 6.07) is 42.3. The number of nitrogens with two attached hydrogens (primary N) is 1. The largest absolute Gasteiger partial charge is 1.00 e. The van der Waals surface area contributed by atoms with Gasteiger partial charge in [0.2, 0.25) is 0 Å². The highest BCUT2D eigenvalue weighted by Gasteiger charge is 2.74. The van der Waals surface area contributed by atoms with Gasteiger partial charge < -0.3 is 134 Å². The van der Waals surface area contributed by atoms with Gasteiger partial charge >= 0.3 is 0 Å². The van der Waals surface area contributed by atoms with Crippen molar-refractivity contribution in [2.45, 2.75) is 256 Å². The first kappa shape index (κ1) is 104. The third-order valence-corrected chi connectivity index (χ3v) is 38.8. The minimum absolute atomic E-state index is 0. The SMILES string of the molecule is C[C@H]1[C@H]2Cc3ccc(C(=O)NCCc4ccc5occc5c4)cc3[C@]1(C)CC[N+]2(C)CC1CC1.C[N+]1(CC2CC2)CC[C@]23CC(=O)CC[C@@]2(O)[C@H]1Cc1ccc(C(=O)NCCc2ccc4[nH]ccc4c2)c(O)c13.C[N+]1(CC2CC2)CC[C@]23CC(=O)CC[C@@]2(O)[C@H]1Cc1ccc(C(=O)NCCc2ccc4occc4c2)c(O)c13.C[N+]1(CC2CC2)CC[C@]23CC(=O)CC[C@@]2(O)[C@H]1Cc1ccc(C(N)=O)c(O)c13.[Cl-].[Cl-].[Cl-].[Cl-]. The number of benzene rings is 7. The Kier molecular flexibility index (Phi) is 28.1. The number of fused-ring (bicyclic) bond motifs is 10. The number of nitrogens with one attached hydrogen (secondary N) is 4. The van der Waals surface area contributed by atoms with Crippen LogP contribution in [-0.2, 0) is 81.0 Å². The summed E-state index contributed by atoms with van der Waals surface area (Å²) in [5.41, 5.74) is 15.2. The van der Waals surface area contributed by atoms with E-state index in [1.54, 1.807) is 30.7 Å². The molecule has 28 heteroatoms. The number of hydrogen-bond acceptors (Lipinski definition) is 15. The Labute approximate surface area is 868 Å². The molecule has 144 heavy (non-hydrogen) atoms. The number of halogens is 4. The standard InChI is InChI=1S/C32H37N3O4.C32H36N2O5.C30H36N2O2.C22H28N2O4.4ClH/c1-35(19-21-2-3-21)15-12-31-18-24(36)8-11-32(31,39)27(35)17-23-5-6-25(29(37)28(23)31)30(38)34-13-9-20-4-7-26-22(16-20)10-14-33-26;1-34(19-21-2-3-21)14-12-31-18-24(35)8-11-32(31,38)27(34)17-23-5-6-25(29(36)28(23)31)30(37)33-13-9-20-4-7-26-22(16-20)10-15-39-26;1-20-27-18-23-7-8-25(17-26(23)30(20,2)12-14-32(27,3)19-22-4-5-22)29(33)31-13-10-21-6-9-28-24(16-21)11-15-34-28;1-24(12-13-2-3-13)9-8-21-11-15(25)6-7-22(21,28)17(24)10-14-4-5-16(20(23)27)19(26)18(14)21;;;;/h4-7,10,14,16,21,27,33,39H,2-3,8-9,11-13,15,17-19H2,1H3,(H-,34,37,38);4-7,10,15-16,21,27,38H,2-3,8-9,11-14,17-19H2,1H3,(H-,33,36,37);6-9,11,15-17,20,22,27H,4-5,10,12-14,18-19H2,1-3H3;4-5,13,17,28H,2-3,6-12H2,1H3,(H2-,23,26,27);4*1H/t27-,31-,32-,35?;27-,31-,32-,34?;20-,27+,30+,32?;17-,21-,22-,24?;;;;/m1101..../s1. The van der Waals surface area contributed by atoms with Crippen molar-refractivity contribution in [1.82, 2.24) is 20.9 Å². The molecule has 4 saturated heterocycles. The van der Waals surface area contributed by atoms with Crippen molar-refractivity contribution >= 4 is 73.8 Å². The molecule has 7 heterocycles. The maximum absolute atomic E-state index is 13.3. The molecule has 4 aliphatic heterocycles. The van der Waals surface area contributed by atoms with Crippen LogP contribution >= 0.6 is 0 Å². The normalized spacial score (nSPS) is 31.8. The molecule has 7 aromatic carbocycles. The van der Waals surface area contributed by atoms with Crippen molar-refractivity contribution in [3.05, 3.63) is 230 Å². The number of piperidine rings is 4. The summed E-state index contributed by atoms with van der Waals surface area (Å²) in [7, 11) is 9.32. The predicted molar refractivity (Wildman–Crippen MR) is 534 cm³/mol. The number of H-pyrrole nitrogens is 1. The Hall–Kier alpha value is -9.67. The van der Waals surface area contributed by atoms with Gasteiger partial charge in [-0.3, -0.25) is 33.6 Å². The number of nitrogens with zero attached hydrogens (tertiary/aromatic N) is 4. The Balaban J connectivity index is 0.000000126. The average Bonchev–Trinajstić information content (AvgIpc) is 0.989. The van der Waals surface area contributed by atoms with Crippen LogP contribution < -0.4 is 71.3 Å². The van der Waals surface area contributed by atoms with Crippen molar-refractivity contribution in [2.24, 2.45) is 35.3 Å². The number of carbonyl (C=O) groups excluding carboxylic acids is 7. The Morgan fingerprint density at radius 3 is 1.20 bits per heavy atom. The molecule has 4 unspecified atom stereocenters. The summed E-state index contributed by atoms with van der Waals surface area (Å²) >= 11 is 0. The molecule has 768 valence electrons. The van der Waals surface area contributed by atoms with Crippen molar-refractivity contribution < 1.29 is 141 Å². The average molecular weight is 2040 g/mol. The first-order chi connectivity index (χ1) is 67.0. The first-order valence-electron chi connectivity index (χ1n) is 52.4. The highest BCUT2D eigenvalue weighted by atomic mass is 35.5. The fourth-order valence-electron chi connectivity index (χ4n) is 30.4. The second-order valence-electron chi connectivity index (χ2n) is 47.3. The van der Waals surface area contributed by atoms with Crippen LogP contribution in [0.3, 0.4) is 0 Å². The molecule has 3 aromatic heterocycles. The summed E-state index contributed by atoms with van der Waals surface area (Å²) in [4.78, 5) is 93.1. The van der Waals surface area contributed by atoms with Crippen LogP contribution in [-0.4, -0.2) is 236 Å². The number of carbonyl (C=O) groups is 7. The van der Waals surface area contributed by atoms with Gasteiger partial charge in [0.05, 0.1) is 116 Å². The Morgan fingerprint density at radius 1 is 0.424 bits per heavy atom. The molecule has 0 spiro atoms. The van der Waals surface area contributed by atoms with E-state index >= 15 is 0 Å². The molecule has 8 bridgehead atoms. The molecule has 15 aliphatic rings. The van der Waals surface area contributed by atoms with E-state index < -0.39 is 39.0 Å². The smallest absolute Gasteiger partial charge is 0.255 e. The van der Waals surface area contributed by atoms with Gasteiger partial charge in [-0.15, -0.1) is 0 Å². The first-order valence-corrected chi connectivity index (χ1v) is 52.4. The van der Waals surface area contributed by atoms with E-state index in [2.05, 4.69) is 105 Å². The number of likely N-dealkylation sites (tertiary alicyclic amines) is 4. The van der Waals surface area contributed by atoms with Crippen LogP contribution in [0.2, 0.25) is 0 Å². The lowest BCUT2D eigenvalue weighted by molar-refractivity contribution is -0.950. The number of hydrogen-bond donors (Lipinski definition) is 11. The van der Waals surface area contributed by atoms with Crippen molar-refractivity contribution in [2.75, 3.05) is 100 Å². The van der Waals surface area contributed by atoms with E-state index in [1.165, 1.54) is 92.1 Å². The second-order valence-corrected chi connectivity index (χ2v) is 47.3. The maximum Gasteiger partial charge on any atom is 0.255 e. The summed E-state index contributed by atoms with van der Waals surface area (Å²) in [5, 5.41) is 83.8. The third-order valence-electron chi connectivity index (χ3n) is 38.8. The summed E-state index contributed by atoms with van der Waals surface area (Å²) in [5.74, 6) is 2.61. The number of primary amides is 1. The zero-order valence-corrected chi connectivity index (χ0v) is 86.9. The summed E-state index contributed by atoms with van der Waals surface area (Å²) in [6.45, 7) is 14.8. The molecule has 25 rings (SSSR count). The lowest BCUT2D eigenvalue weighted by Gasteiger charge is -2.65. The van der Waals surface area contributed by atoms with E-state index in [4.69, 9.17) is 14.6 Å². The third kappa shape index (κ3) is 17.9. The number of aromatic hydroxyl groups is 3. The summed E-state index contributed by atoms with van der Waals surface area (Å²) in [6.07, 6.45) is 27.2. The van der Waals surface area contributed by atoms with E-state index in [0.29, 0.717) is 138 Å². The molecule has 4 amide bonds.